The Balaban J connectivity index is 1.76. The third-order valence-corrected chi connectivity index (χ3v) is 15.4. The summed E-state index contributed by atoms with van der Waals surface area (Å²) in [5.74, 6) is -15.5. The molecule has 0 aliphatic rings. The molecular formula is C60H84N16O27. The van der Waals surface area contributed by atoms with Crippen LogP contribution in [0.15, 0.2) is 36.4 Å². The van der Waals surface area contributed by atoms with Crippen LogP contribution in [0.25, 0.3) is 0 Å². The van der Waals surface area contributed by atoms with Crippen molar-refractivity contribution in [1.82, 2.24) is 41.1 Å². The Morgan fingerprint density at radius 2 is 0.718 bits per heavy atom. The fourth-order valence-corrected chi connectivity index (χ4v) is 10.0. The Bertz CT molecular complexity index is 3120. The van der Waals surface area contributed by atoms with Crippen LogP contribution in [0, 0.1) is 42.2 Å². The van der Waals surface area contributed by atoms with E-state index in [9.17, 15) is 119 Å². The third kappa shape index (κ3) is 33.6. The number of unbranched alkanes of at least 4 members (excludes halogenated alkanes) is 4. The summed E-state index contributed by atoms with van der Waals surface area (Å²) in [5.41, 5.74) is -1.04. The highest BCUT2D eigenvalue weighted by Crippen LogP contribution is 2.27. The number of aryl methyl sites for hydroxylation is 1. The van der Waals surface area contributed by atoms with Gasteiger partial charge in [-0.1, -0.05) is 12.8 Å². The second-order valence-electron chi connectivity index (χ2n) is 23.2. The van der Waals surface area contributed by atoms with Crippen LogP contribution in [-0.4, -0.2) is 229 Å². The van der Waals surface area contributed by atoms with E-state index in [1.54, 1.807) is 0 Å². The van der Waals surface area contributed by atoms with E-state index in [2.05, 4.69) is 52.2 Å². The molecule has 0 spiro atoms. The smallest absolute Gasteiger partial charge is 0.326 e. The monoisotopic (exact) mass is 1460 g/mol. The summed E-state index contributed by atoms with van der Waals surface area (Å²) >= 11 is 0. The number of rotatable bonds is 56. The summed E-state index contributed by atoms with van der Waals surface area (Å²) in [6, 6.07) is -0.895. The number of carbonyl (C=O) groups excluding carboxylic acids is 3. The van der Waals surface area contributed by atoms with E-state index in [0.29, 0.717) is 12.8 Å². The fourth-order valence-electron chi connectivity index (χ4n) is 10.0. The molecular weight excluding hydrogens is 1380 g/mol. The zero-order chi connectivity index (χ0) is 76.7. The van der Waals surface area contributed by atoms with Crippen molar-refractivity contribution in [3.8, 4) is 0 Å². The van der Waals surface area contributed by atoms with E-state index < -0.39 is 179 Å². The van der Waals surface area contributed by atoms with Crippen LogP contribution < -0.4 is 47.9 Å². The van der Waals surface area contributed by atoms with Crippen LogP contribution in [0.3, 0.4) is 0 Å². The van der Waals surface area contributed by atoms with Crippen molar-refractivity contribution in [1.29, 1.82) is 0 Å². The minimum Gasteiger partial charge on any atom is -0.481 e. The first-order chi connectivity index (χ1) is 48.7. The van der Waals surface area contributed by atoms with Crippen molar-refractivity contribution < 1.29 is 118 Å². The van der Waals surface area contributed by atoms with Gasteiger partial charge in [-0.3, -0.25) is 64.0 Å². The van der Waals surface area contributed by atoms with Gasteiger partial charge >= 0.3 is 77.2 Å². The molecule has 3 unspecified atom stereocenters. The van der Waals surface area contributed by atoms with Gasteiger partial charge in [-0.15, -0.1) is 0 Å². The van der Waals surface area contributed by atoms with E-state index in [-0.39, 0.29) is 157 Å². The maximum atomic E-state index is 12.7. The molecule has 3 aromatic heterocycles. The summed E-state index contributed by atoms with van der Waals surface area (Å²) in [4.78, 5) is 190. The number of urea groups is 2. The molecule has 0 radical (unpaired) electrons. The lowest BCUT2D eigenvalue weighted by Gasteiger charge is -2.23. The molecule has 0 aromatic carbocycles. The molecule has 3 heterocycles. The highest BCUT2D eigenvalue weighted by atomic mass is 16.6. The number of nitro groups is 3. The number of nitrogens with one attached hydrogen (secondary N) is 9. The molecule has 0 saturated heterocycles. The zero-order valence-corrected chi connectivity index (χ0v) is 55.5. The van der Waals surface area contributed by atoms with Crippen molar-refractivity contribution >= 4 is 118 Å². The van der Waals surface area contributed by atoms with E-state index in [0.717, 1.165) is 0 Å². The van der Waals surface area contributed by atoms with Crippen molar-refractivity contribution in [2.24, 2.45) is 11.8 Å². The number of aliphatic carboxylic acids is 9. The number of nitrogens with zero attached hydrogens (tertiary/aromatic N) is 7. The van der Waals surface area contributed by atoms with Gasteiger partial charge in [0.1, 0.15) is 53.1 Å². The number of amides is 4. The summed E-state index contributed by atoms with van der Waals surface area (Å²) in [5, 5.41) is 144. The largest absolute Gasteiger partial charge is 0.481 e. The summed E-state index contributed by atoms with van der Waals surface area (Å²) < 4.78 is 0. The molecule has 0 saturated carbocycles. The number of Topliss-reactive ketones (excluding diaryl/α,β-unsaturated/α-hetero) is 1. The van der Waals surface area contributed by atoms with Gasteiger partial charge in [0.15, 0.2) is 0 Å². The van der Waals surface area contributed by atoms with Crippen molar-refractivity contribution in [3.63, 3.8) is 0 Å². The Labute approximate surface area is 584 Å². The van der Waals surface area contributed by atoms with Gasteiger partial charge < -0.3 is 93.8 Å². The van der Waals surface area contributed by atoms with Gasteiger partial charge in [-0.2, -0.15) is 0 Å². The maximum Gasteiger partial charge on any atom is 0.326 e. The first kappa shape index (κ1) is 85.3. The third-order valence-electron chi connectivity index (χ3n) is 15.4. The highest BCUT2D eigenvalue weighted by Gasteiger charge is 2.30. The number of carboxylic acids is 9. The Morgan fingerprint density at radius 1 is 0.379 bits per heavy atom. The average Bonchev–Trinajstić information content (AvgIpc) is 0.857. The van der Waals surface area contributed by atoms with Gasteiger partial charge in [0, 0.05) is 103 Å². The van der Waals surface area contributed by atoms with Gasteiger partial charge in [-0.25, -0.2) is 43.7 Å². The molecule has 0 aliphatic heterocycles. The Kier molecular flexibility index (Phi) is 37.2. The molecule has 43 heteroatoms. The normalized spacial score (nSPS) is 12.7. The lowest BCUT2D eigenvalue weighted by Crippen LogP contribution is -2.51. The topological polar surface area (TPSA) is 667 Å². The molecule has 0 aliphatic carbocycles. The molecule has 0 fully saturated rings. The SMILES string of the molecule is O=C(O)CCC(CC(=O)C[C@@H](CCCCCc1nc(NCCN(CCNc2ccc([N+](=O)[O-])c(NCCCCC(NC(=O)N[C@@H](CCC(=O)O)C(=O)O)C(=O)O)n2)CCNc2ccc([N+](=O)[O-])c(NCCCC[C@H](NC(=O)NC(CCC(=O)O)C(=O)O)C(=O)O)n2)ccc1[N+](=O)[O-])C(=O)O)C(=O)O. The minimum absolute atomic E-state index is 0.0159. The van der Waals surface area contributed by atoms with Crippen LogP contribution in [0.5, 0.6) is 0 Å². The van der Waals surface area contributed by atoms with Gasteiger partial charge in [0.25, 0.3) is 5.69 Å². The Morgan fingerprint density at radius 3 is 1.08 bits per heavy atom. The molecule has 43 nitrogen and oxygen atoms in total. The summed E-state index contributed by atoms with van der Waals surface area (Å²) in [6.45, 7) is 1.16. The predicted molar refractivity (Wildman–Crippen MR) is 358 cm³/mol. The molecule has 0 bridgehead atoms. The number of anilines is 5. The van der Waals surface area contributed by atoms with Crippen molar-refractivity contribution in [2.75, 3.05) is 78.9 Å². The van der Waals surface area contributed by atoms with Crippen LogP contribution >= 0.6 is 0 Å². The summed E-state index contributed by atoms with van der Waals surface area (Å²) in [6.07, 6.45) is -2.67. The van der Waals surface area contributed by atoms with E-state index in [4.69, 9.17) is 15.3 Å². The van der Waals surface area contributed by atoms with E-state index in [1.807, 2.05) is 15.5 Å². The molecule has 566 valence electrons. The predicted octanol–water partition coefficient (Wildman–Crippen LogP) is 3.56. The van der Waals surface area contributed by atoms with Gasteiger partial charge in [0.2, 0.25) is 11.6 Å². The number of ketones is 1. The van der Waals surface area contributed by atoms with Crippen molar-refractivity contribution in [3.05, 3.63) is 72.4 Å². The van der Waals surface area contributed by atoms with Crippen molar-refractivity contribution in [2.45, 2.75) is 146 Å². The number of hydrogen-bond donors (Lipinski definition) is 18. The standard InChI is InChI=1S/C60H84N16O27/c77-36(33-35(54(86)87)12-21-48(78)79)32-34(53(84)85)8-2-1-3-9-37-42(74(98)99)15-18-45(66-37)61-26-29-73(30-27-62-46-19-16-43(75(100)101)51(71-46)64-24-6-4-10-38(55(88)89)67-59(96)69-40(57(92)93)13-22-49(80)81)31-28-63-47-20-17-44(76(102)103)52(72-47)65-25-7-5-11-39(56(90)91)68-60(97)70-41(58(94)95)14-23-50(82)83/h15-20,34-35,38-41H,1-14,21-33H2,(H,61,66)(H,78,79)(H,80,81)(H,82,83)(H,84,85)(H,86,87)(H,88,89)(H,90,91)(H,92,93)(H,94,95)(H2,62,64,71)(H2,63,65,72)(H2,67,69,96)(H2,68,70,97)/t34-,35?,38+,39?,40?,41+/m1/s1. The molecule has 4 amide bonds. The zero-order valence-electron chi connectivity index (χ0n) is 55.5. The lowest BCUT2D eigenvalue weighted by atomic mass is 9.90. The minimum atomic E-state index is -1.62. The first-order valence-electron chi connectivity index (χ1n) is 32.3. The summed E-state index contributed by atoms with van der Waals surface area (Å²) in [7, 11) is 0. The lowest BCUT2D eigenvalue weighted by molar-refractivity contribution is -0.385. The quantitative estimate of drug-likeness (QED) is 0.0218. The molecule has 103 heavy (non-hydrogen) atoms. The number of carbonyl (C=O) groups is 12. The Hall–Kier alpha value is -11.9. The fraction of sp³-hybridized carbons (Fsp3) is 0.550. The molecule has 6 atom stereocenters. The second kappa shape index (κ2) is 44.9. The number of hydrogen-bond acceptors (Lipinski definition) is 27. The average molecular weight is 1460 g/mol. The van der Waals surface area contributed by atoms with Crippen LogP contribution in [0.1, 0.15) is 121 Å². The van der Waals surface area contributed by atoms with Gasteiger partial charge in [0.05, 0.1) is 26.6 Å². The maximum absolute atomic E-state index is 12.7. The number of pyridine rings is 3. The first-order valence-corrected chi connectivity index (χ1v) is 32.3. The van der Waals surface area contributed by atoms with Crippen LogP contribution in [-0.2, 0) is 54.4 Å². The second-order valence-corrected chi connectivity index (χ2v) is 23.2. The van der Waals surface area contributed by atoms with E-state index >= 15 is 0 Å². The van der Waals surface area contributed by atoms with E-state index in [1.165, 1.54) is 36.4 Å². The molecule has 18 N–H and O–H groups in total. The van der Waals surface area contributed by atoms with Crippen LogP contribution in [0.4, 0.5) is 55.7 Å². The van der Waals surface area contributed by atoms with Crippen LogP contribution in [0.2, 0.25) is 0 Å². The van der Waals surface area contributed by atoms with Gasteiger partial charge in [-0.05, 0) is 95.2 Å². The number of carboxylic acid groups (broad SMARTS) is 9. The number of aromatic nitrogens is 3. The highest BCUT2D eigenvalue weighted by molar-refractivity contribution is 5.88. The molecule has 3 rings (SSSR count). The molecule has 3 aromatic rings.